The van der Waals surface area contributed by atoms with E-state index in [1.54, 1.807) is 19.3 Å². The molecule has 1 saturated heterocycles. The summed E-state index contributed by atoms with van der Waals surface area (Å²) in [5, 5.41) is 9.29. The Hall–Kier alpha value is -2.38. The average Bonchev–Trinajstić information content (AvgIpc) is 3.07. The molecule has 0 radical (unpaired) electrons. The van der Waals surface area contributed by atoms with Crippen molar-refractivity contribution < 1.29 is 9.18 Å². The van der Waals surface area contributed by atoms with Crippen molar-refractivity contribution in [1.29, 1.82) is 0 Å². The lowest BCUT2D eigenvalue weighted by molar-refractivity contribution is -0.120. The number of hydrogen-bond acceptors (Lipinski definition) is 4. The maximum atomic E-state index is 13.8. The number of carbonyl (C=O) groups excluding carboxylic acids is 1. The summed E-state index contributed by atoms with van der Waals surface area (Å²) in [7, 11) is 1.69. The molecule has 0 saturated carbocycles. The molecule has 1 fully saturated rings. The summed E-state index contributed by atoms with van der Waals surface area (Å²) in [6.07, 6.45) is 3.80. The second-order valence-corrected chi connectivity index (χ2v) is 5.98. The third-order valence-electron chi connectivity index (χ3n) is 4.01. The van der Waals surface area contributed by atoms with Crippen LogP contribution in [0.1, 0.15) is 26.2 Å². The topological polar surface area (TPSA) is 81.6 Å². The van der Waals surface area contributed by atoms with Gasteiger partial charge >= 0.3 is 0 Å². The number of rotatable bonds is 7. The van der Waals surface area contributed by atoms with Gasteiger partial charge in [0.15, 0.2) is 17.6 Å². The van der Waals surface area contributed by atoms with Crippen molar-refractivity contribution >= 4 is 17.7 Å². The Bertz CT molecular complexity index is 594. The number of nitrogens with one attached hydrogen (secondary N) is 3. The molecule has 0 aliphatic carbocycles. The molecule has 0 aromatic carbocycles. The van der Waals surface area contributed by atoms with E-state index in [1.807, 2.05) is 11.8 Å². The van der Waals surface area contributed by atoms with Crippen molar-refractivity contribution in [3.63, 3.8) is 0 Å². The molecule has 1 aliphatic rings. The van der Waals surface area contributed by atoms with E-state index in [0.29, 0.717) is 37.8 Å². The number of hydrogen-bond donors (Lipinski definition) is 3. The van der Waals surface area contributed by atoms with Crippen LogP contribution in [0, 0.1) is 5.82 Å². The predicted molar refractivity (Wildman–Crippen MR) is 97.2 cm³/mol. The van der Waals surface area contributed by atoms with E-state index in [0.717, 1.165) is 19.4 Å². The Morgan fingerprint density at radius 1 is 1.44 bits per heavy atom. The maximum Gasteiger partial charge on any atom is 0.221 e. The molecule has 3 N–H and O–H groups in total. The normalized spacial score (nSPS) is 17.5. The summed E-state index contributed by atoms with van der Waals surface area (Å²) in [6.45, 7) is 4.63. The quantitative estimate of drug-likeness (QED) is 0.502. The highest BCUT2D eigenvalue weighted by Crippen LogP contribution is 2.20. The number of halogens is 1. The lowest BCUT2D eigenvalue weighted by Gasteiger charge is -2.19. The molecule has 0 spiro atoms. The van der Waals surface area contributed by atoms with E-state index in [-0.39, 0.29) is 17.8 Å². The van der Waals surface area contributed by atoms with E-state index in [4.69, 9.17) is 0 Å². The molecule has 138 valence electrons. The summed E-state index contributed by atoms with van der Waals surface area (Å²) >= 11 is 0. The second kappa shape index (κ2) is 9.80. The zero-order chi connectivity index (χ0) is 18.1. The minimum absolute atomic E-state index is 0.0301. The number of aromatic nitrogens is 1. The first-order valence-electron chi connectivity index (χ1n) is 8.73. The lowest BCUT2D eigenvalue weighted by atomic mass is 10.3. The fourth-order valence-electron chi connectivity index (χ4n) is 2.72. The number of amides is 1. The molecular weight excluding hydrogens is 323 g/mol. The average molecular weight is 350 g/mol. The van der Waals surface area contributed by atoms with Gasteiger partial charge in [-0.05, 0) is 25.0 Å². The van der Waals surface area contributed by atoms with Gasteiger partial charge in [-0.1, -0.05) is 6.92 Å². The molecule has 1 aliphatic heterocycles. The van der Waals surface area contributed by atoms with Gasteiger partial charge < -0.3 is 20.9 Å². The summed E-state index contributed by atoms with van der Waals surface area (Å²) in [4.78, 5) is 21.8. The van der Waals surface area contributed by atoms with E-state index in [9.17, 15) is 9.18 Å². The molecule has 2 heterocycles. The molecule has 1 aromatic rings. The van der Waals surface area contributed by atoms with Gasteiger partial charge in [0.2, 0.25) is 5.91 Å². The fraction of sp³-hybridized carbons (Fsp3) is 0.588. The molecule has 1 atom stereocenters. The Morgan fingerprint density at radius 3 is 3.00 bits per heavy atom. The van der Waals surface area contributed by atoms with Crippen LogP contribution < -0.4 is 20.9 Å². The van der Waals surface area contributed by atoms with E-state index < -0.39 is 0 Å². The highest BCUT2D eigenvalue weighted by Gasteiger charge is 2.25. The molecule has 1 unspecified atom stereocenters. The highest BCUT2D eigenvalue weighted by atomic mass is 19.1. The van der Waals surface area contributed by atoms with Gasteiger partial charge in [-0.3, -0.25) is 9.79 Å². The summed E-state index contributed by atoms with van der Waals surface area (Å²) in [6, 6.07) is 3.17. The van der Waals surface area contributed by atoms with Crippen molar-refractivity contribution in [2.24, 2.45) is 4.99 Å². The number of guanidine groups is 1. The predicted octanol–water partition coefficient (Wildman–Crippen LogP) is 0.881. The van der Waals surface area contributed by atoms with Crippen LogP contribution in [0.5, 0.6) is 0 Å². The Labute approximate surface area is 148 Å². The van der Waals surface area contributed by atoms with Crippen LogP contribution in [0.4, 0.5) is 10.2 Å². The minimum Gasteiger partial charge on any atom is -0.356 e. The number of anilines is 1. The Balaban J connectivity index is 1.75. The van der Waals surface area contributed by atoms with Gasteiger partial charge in [-0.25, -0.2) is 9.37 Å². The van der Waals surface area contributed by atoms with Gasteiger partial charge in [-0.2, -0.15) is 0 Å². The van der Waals surface area contributed by atoms with Gasteiger partial charge in [0.1, 0.15) is 0 Å². The minimum atomic E-state index is -0.302. The molecule has 25 heavy (non-hydrogen) atoms. The third-order valence-corrected chi connectivity index (χ3v) is 4.01. The zero-order valence-corrected chi connectivity index (χ0v) is 14.9. The molecule has 0 bridgehead atoms. The molecule has 1 aromatic heterocycles. The Morgan fingerprint density at radius 2 is 2.28 bits per heavy atom. The van der Waals surface area contributed by atoms with Crippen LogP contribution in [0.3, 0.4) is 0 Å². The molecular formula is C17H27FN6O. The summed E-state index contributed by atoms with van der Waals surface area (Å²) < 4.78 is 13.8. The van der Waals surface area contributed by atoms with Gasteiger partial charge in [0.25, 0.3) is 0 Å². The largest absolute Gasteiger partial charge is 0.356 e. The van der Waals surface area contributed by atoms with Crippen molar-refractivity contribution in [1.82, 2.24) is 20.9 Å². The monoisotopic (exact) mass is 350 g/mol. The first-order valence-corrected chi connectivity index (χ1v) is 8.73. The van der Waals surface area contributed by atoms with Gasteiger partial charge in [-0.15, -0.1) is 0 Å². The van der Waals surface area contributed by atoms with Crippen LogP contribution in [-0.2, 0) is 4.79 Å². The first kappa shape index (κ1) is 19.0. The molecule has 1 amide bonds. The summed E-state index contributed by atoms with van der Waals surface area (Å²) in [5.74, 6) is 0.769. The van der Waals surface area contributed by atoms with Crippen LogP contribution in [0.15, 0.2) is 23.3 Å². The van der Waals surface area contributed by atoms with Crippen LogP contribution in [0.25, 0.3) is 0 Å². The number of carbonyl (C=O) groups is 1. The standard InChI is InChI=1S/C17H27FN6O/c1-3-8-20-15(25)6-10-22-17(19-2)23-13-7-11-24(12-13)16-14(18)5-4-9-21-16/h4-5,9,13H,3,6-8,10-12H2,1-2H3,(H,20,25)(H2,19,22,23). The fourth-order valence-corrected chi connectivity index (χ4v) is 2.72. The van der Waals surface area contributed by atoms with Crippen molar-refractivity contribution in [2.75, 3.05) is 38.1 Å². The van der Waals surface area contributed by atoms with E-state index in [1.165, 1.54) is 6.07 Å². The molecule has 7 nitrogen and oxygen atoms in total. The Kier molecular flexibility index (Phi) is 7.43. The van der Waals surface area contributed by atoms with Crippen LogP contribution in [-0.4, -0.2) is 56.1 Å². The van der Waals surface area contributed by atoms with E-state index in [2.05, 4.69) is 25.9 Å². The SMILES string of the molecule is CCCNC(=O)CCNC(=NC)NC1CCN(c2ncccc2F)C1. The van der Waals surface area contributed by atoms with E-state index >= 15 is 0 Å². The van der Waals surface area contributed by atoms with Crippen molar-refractivity contribution in [2.45, 2.75) is 32.2 Å². The van der Waals surface area contributed by atoms with Gasteiger partial charge in [0, 0.05) is 51.9 Å². The smallest absolute Gasteiger partial charge is 0.221 e. The molecule has 8 heteroatoms. The van der Waals surface area contributed by atoms with Crippen LogP contribution in [0.2, 0.25) is 0 Å². The summed E-state index contributed by atoms with van der Waals surface area (Å²) in [5.41, 5.74) is 0. The number of aliphatic imine (C=N–C) groups is 1. The maximum absolute atomic E-state index is 13.8. The number of nitrogens with zero attached hydrogens (tertiary/aromatic N) is 3. The van der Waals surface area contributed by atoms with Gasteiger partial charge in [0.05, 0.1) is 0 Å². The first-order chi connectivity index (χ1) is 12.1. The number of pyridine rings is 1. The van der Waals surface area contributed by atoms with Crippen molar-refractivity contribution in [3.8, 4) is 0 Å². The van der Waals surface area contributed by atoms with Crippen LogP contribution >= 0.6 is 0 Å². The van der Waals surface area contributed by atoms with Crippen molar-refractivity contribution in [3.05, 3.63) is 24.1 Å². The molecule has 2 rings (SSSR count). The lowest BCUT2D eigenvalue weighted by Crippen LogP contribution is -2.45. The highest BCUT2D eigenvalue weighted by molar-refractivity contribution is 5.81. The zero-order valence-electron chi connectivity index (χ0n) is 14.9. The second-order valence-electron chi connectivity index (χ2n) is 5.98. The third kappa shape index (κ3) is 5.88.